The summed E-state index contributed by atoms with van der Waals surface area (Å²) in [7, 11) is 0. The van der Waals surface area contributed by atoms with Crippen molar-refractivity contribution in [2.24, 2.45) is 0 Å². The van der Waals surface area contributed by atoms with Gasteiger partial charge in [-0.05, 0) is 43.0 Å². The van der Waals surface area contributed by atoms with Crippen LogP contribution < -0.4 is 4.90 Å². The lowest BCUT2D eigenvalue weighted by Gasteiger charge is -2.41. The fourth-order valence-electron chi connectivity index (χ4n) is 4.52. The van der Waals surface area contributed by atoms with Crippen molar-refractivity contribution in [1.29, 1.82) is 0 Å². The van der Waals surface area contributed by atoms with Crippen molar-refractivity contribution >= 4 is 11.8 Å². The summed E-state index contributed by atoms with van der Waals surface area (Å²) in [6, 6.07) is 29.4. The molecule has 172 valence electrons. The predicted molar refractivity (Wildman–Crippen MR) is 131 cm³/mol. The molecule has 4 rings (SSSR count). The van der Waals surface area contributed by atoms with Gasteiger partial charge in [0.25, 0.3) is 0 Å². The molecule has 2 atom stereocenters. The van der Waals surface area contributed by atoms with E-state index in [0.29, 0.717) is 0 Å². The van der Waals surface area contributed by atoms with Crippen LogP contribution in [-0.2, 0) is 11.3 Å². The molecule has 0 aliphatic carbocycles. The van der Waals surface area contributed by atoms with Gasteiger partial charge in [0.05, 0.1) is 6.10 Å². The van der Waals surface area contributed by atoms with Crippen molar-refractivity contribution in [3.63, 3.8) is 0 Å². The summed E-state index contributed by atoms with van der Waals surface area (Å²) in [5.41, 5.74) is 2.76. The van der Waals surface area contributed by atoms with Gasteiger partial charge in [0.1, 0.15) is 6.61 Å². The maximum atomic E-state index is 13.2. The molecule has 5 heteroatoms. The Bertz CT molecular complexity index is 989. The number of aliphatic hydroxyl groups excluding tert-OH is 1. The summed E-state index contributed by atoms with van der Waals surface area (Å²) in [5, 5.41) is 10.8. The van der Waals surface area contributed by atoms with E-state index < -0.39 is 6.10 Å². The summed E-state index contributed by atoms with van der Waals surface area (Å²) in [5.74, 6) is 0. The van der Waals surface area contributed by atoms with E-state index in [1.54, 1.807) is 4.90 Å². The van der Waals surface area contributed by atoms with E-state index in [1.807, 2.05) is 91.0 Å². The van der Waals surface area contributed by atoms with Crippen molar-refractivity contribution in [3.8, 4) is 0 Å². The number of anilines is 1. The van der Waals surface area contributed by atoms with E-state index in [1.165, 1.54) is 0 Å². The first-order valence-corrected chi connectivity index (χ1v) is 11.7. The first kappa shape index (κ1) is 23.0. The molecule has 0 radical (unpaired) electrons. The minimum atomic E-state index is -0.538. The summed E-state index contributed by atoms with van der Waals surface area (Å²) in [4.78, 5) is 17.3. The van der Waals surface area contributed by atoms with Crippen LogP contribution in [0.25, 0.3) is 0 Å². The third-order valence-electron chi connectivity index (χ3n) is 6.47. The Labute approximate surface area is 196 Å². The summed E-state index contributed by atoms with van der Waals surface area (Å²) in [6.45, 7) is 3.94. The summed E-state index contributed by atoms with van der Waals surface area (Å²) < 4.78 is 5.70. The molecule has 3 aromatic carbocycles. The minimum absolute atomic E-state index is 0.00329. The maximum absolute atomic E-state index is 13.2. The van der Waals surface area contributed by atoms with E-state index in [9.17, 15) is 9.90 Å². The molecule has 0 unspecified atom stereocenters. The molecular weight excluding hydrogens is 412 g/mol. The topological polar surface area (TPSA) is 53.0 Å². The molecule has 1 aliphatic heterocycles. The van der Waals surface area contributed by atoms with Crippen LogP contribution in [0.2, 0.25) is 0 Å². The highest BCUT2D eigenvalue weighted by Gasteiger charge is 2.33. The summed E-state index contributed by atoms with van der Waals surface area (Å²) >= 11 is 0. The van der Waals surface area contributed by atoms with Gasteiger partial charge in [0, 0.05) is 30.9 Å². The standard InChI is InChI=1S/C28H32N2O3/c1-22(27(31)24-13-7-3-8-14-24)29-19-17-26(18-20-29)30(25-15-9-4-10-16-25)28(32)33-21-23-11-5-2-6-12-23/h2-16,22,26-27,31H,17-21H2,1H3/t22-,27+/m0/s1. The number of benzene rings is 3. The fourth-order valence-corrected chi connectivity index (χ4v) is 4.52. The Kier molecular flexibility index (Phi) is 7.76. The van der Waals surface area contributed by atoms with Crippen LogP contribution in [0.1, 0.15) is 37.0 Å². The average molecular weight is 445 g/mol. The second-order valence-corrected chi connectivity index (χ2v) is 8.61. The molecule has 1 heterocycles. The first-order valence-electron chi connectivity index (χ1n) is 11.7. The van der Waals surface area contributed by atoms with Gasteiger partial charge in [-0.15, -0.1) is 0 Å². The fraction of sp³-hybridized carbons (Fsp3) is 0.321. The number of ether oxygens (including phenoxy) is 1. The average Bonchev–Trinajstić information content (AvgIpc) is 2.89. The zero-order valence-electron chi connectivity index (χ0n) is 19.1. The summed E-state index contributed by atoms with van der Waals surface area (Å²) in [6.07, 6.45) is 0.784. The van der Waals surface area contributed by atoms with Gasteiger partial charge in [-0.25, -0.2) is 4.79 Å². The maximum Gasteiger partial charge on any atom is 0.414 e. The number of aliphatic hydroxyl groups is 1. The Hall–Kier alpha value is -3.15. The zero-order valence-corrected chi connectivity index (χ0v) is 19.1. The van der Waals surface area contributed by atoms with Gasteiger partial charge >= 0.3 is 6.09 Å². The number of hydrogen-bond acceptors (Lipinski definition) is 4. The molecule has 1 saturated heterocycles. The monoisotopic (exact) mass is 444 g/mol. The van der Waals surface area contributed by atoms with Gasteiger partial charge in [0.15, 0.2) is 0 Å². The Morgan fingerprint density at radius 2 is 1.48 bits per heavy atom. The van der Waals surface area contributed by atoms with E-state index in [2.05, 4.69) is 11.8 Å². The molecule has 0 bridgehead atoms. The van der Waals surface area contributed by atoms with Crippen LogP contribution in [0.3, 0.4) is 0 Å². The number of carbonyl (C=O) groups excluding carboxylic acids is 1. The zero-order chi connectivity index (χ0) is 23.0. The van der Waals surface area contributed by atoms with Crippen LogP contribution in [0.5, 0.6) is 0 Å². The highest BCUT2D eigenvalue weighted by atomic mass is 16.6. The number of likely N-dealkylation sites (tertiary alicyclic amines) is 1. The largest absolute Gasteiger partial charge is 0.444 e. The van der Waals surface area contributed by atoms with Crippen LogP contribution in [0, 0.1) is 0 Å². The van der Waals surface area contributed by atoms with Gasteiger partial charge < -0.3 is 9.84 Å². The van der Waals surface area contributed by atoms with Gasteiger partial charge in [-0.3, -0.25) is 9.80 Å². The van der Waals surface area contributed by atoms with Crippen LogP contribution in [0.15, 0.2) is 91.0 Å². The molecule has 1 amide bonds. The number of nitrogens with zero attached hydrogens (tertiary/aromatic N) is 2. The van der Waals surface area contributed by atoms with E-state index in [4.69, 9.17) is 4.74 Å². The van der Waals surface area contributed by atoms with Crippen molar-refractivity contribution in [2.75, 3.05) is 18.0 Å². The molecule has 1 N–H and O–H groups in total. The Morgan fingerprint density at radius 3 is 2.09 bits per heavy atom. The number of rotatable bonds is 7. The van der Waals surface area contributed by atoms with Crippen molar-refractivity contribution in [1.82, 2.24) is 4.90 Å². The van der Waals surface area contributed by atoms with Crippen molar-refractivity contribution in [2.45, 2.75) is 44.6 Å². The van der Waals surface area contributed by atoms with E-state index in [0.717, 1.165) is 42.7 Å². The molecule has 5 nitrogen and oxygen atoms in total. The predicted octanol–water partition coefficient (Wildman–Crippen LogP) is 5.42. The van der Waals surface area contributed by atoms with E-state index >= 15 is 0 Å². The van der Waals surface area contributed by atoms with Gasteiger partial charge in [0.2, 0.25) is 0 Å². The Morgan fingerprint density at radius 1 is 0.939 bits per heavy atom. The van der Waals surface area contributed by atoms with Crippen LogP contribution >= 0.6 is 0 Å². The molecule has 0 aromatic heterocycles. The molecule has 0 saturated carbocycles. The lowest BCUT2D eigenvalue weighted by molar-refractivity contribution is 0.0429. The molecule has 33 heavy (non-hydrogen) atoms. The van der Waals surface area contributed by atoms with Crippen LogP contribution in [0.4, 0.5) is 10.5 Å². The normalized spacial score (nSPS) is 16.7. The van der Waals surface area contributed by atoms with Crippen molar-refractivity contribution < 1.29 is 14.6 Å². The molecule has 1 aliphatic rings. The smallest absolute Gasteiger partial charge is 0.414 e. The molecule has 3 aromatic rings. The lowest BCUT2D eigenvalue weighted by atomic mass is 9.97. The third-order valence-corrected chi connectivity index (χ3v) is 6.47. The number of carbonyl (C=O) groups is 1. The quantitative estimate of drug-likeness (QED) is 0.529. The second kappa shape index (κ2) is 11.1. The molecule has 1 fully saturated rings. The van der Waals surface area contributed by atoms with E-state index in [-0.39, 0.29) is 24.8 Å². The third kappa shape index (κ3) is 5.81. The van der Waals surface area contributed by atoms with Crippen molar-refractivity contribution in [3.05, 3.63) is 102 Å². The highest BCUT2D eigenvalue weighted by Crippen LogP contribution is 2.28. The van der Waals surface area contributed by atoms with Gasteiger partial charge in [-0.1, -0.05) is 78.9 Å². The molecule has 0 spiro atoms. The Balaban J connectivity index is 1.41. The number of para-hydroxylation sites is 1. The number of piperidine rings is 1. The lowest BCUT2D eigenvalue weighted by Crippen LogP contribution is -2.50. The number of amides is 1. The minimum Gasteiger partial charge on any atom is -0.444 e. The number of hydrogen-bond donors (Lipinski definition) is 1. The van der Waals surface area contributed by atoms with Crippen LogP contribution in [-0.4, -0.2) is 41.3 Å². The SMILES string of the molecule is C[C@@H]([C@@H](O)c1ccccc1)N1CCC(N(C(=O)OCc2ccccc2)c2ccccc2)CC1. The van der Waals surface area contributed by atoms with Gasteiger partial charge in [-0.2, -0.15) is 0 Å². The molecular formula is C28H32N2O3. The highest BCUT2D eigenvalue weighted by molar-refractivity contribution is 5.88. The first-order chi connectivity index (χ1) is 16.1. The second-order valence-electron chi connectivity index (χ2n) is 8.61.